The monoisotopic (exact) mass is 953 g/mol. The maximum Gasteiger partial charge on any atom is 0.296 e. The first-order valence-corrected chi connectivity index (χ1v) is 25.6. The number of carbonyl (C=O) groups is 3. The molecule has 12 nitrogen and oxygen atoms in total. The number of amides is 3. The fraction of sp³-hybridized carbons (Fsp3) is 0.444. The van der Waals surface area contributed by atoms with Crippen molar-refractivity contribution < 1.29 is 23.9 Å². The molecule has 1 aliphatic carbocycles. The maximum atomic E-state index is 14.0. The Morgan fingerprint density at radius 1 is 0.912 bits per heavy atom. The molecule has 2 aromatic heterocycles. The number of piperazine rings is 1. The number of anilines is 2. The highest BCUT2D eigenvalue weighted by Gasteiger charge is 2.46. The van der Waals surface area contributed by atoms with Gasteiger partial charge in [0, 0.05) is 104 Å². The molecule has 0 unspecified atom stereocenters. The Hall–Kier alpha value is -5.81. The first kappa shape index (κ1) is 45.9. The number of likely N-dealkylation sites (tertiary alicyclic amines) is 1. The number of pyridine rings is 1. The molecule has 5 aromatic rings. The lowest BCUT2D eigenvalue weighted by molar-refractivity contribution is -0.148. The van der Waals surface area contributed by atoms with Gasteiger partial charge in [0.25, 0.3) is 17.6 Å². The second-order valence-corrected chi connectivity index (χ2v) is 21.0. The largest absolute Gasteiger partial charge is 0.448 e. The van der Waals surface area contributed by atoms with Gasteiger partial charge in [0.15, 0.2) is 11.5 Å². The molecule has 14 heteroatoms. The smallest absolute Gasteiger partial charge is 0.296 e. The zero-order chi connectivity index (χ0) is 46.9. The van der Waals surface area contributed by atoms with Crippen LogP contribution in [0.4, 0.5) is 11.4 Å². The van der Waals surface area contributed by atoms with Crippen LogP contribution in [-0.2, 0) is 22.4 Å². The molecule has 4 aliphatic heterocycles. The molecule has 1 spiro atoms. The number of nitrogens with one attached hydrogen (secondary N) is 4. The van der Waals surface area contributed by atoms with Gasteiger partial charge in [-0.05, 0) is 129 Å². The number of ether oxygens (including phenoxy) is 2. The molecule has 2 bridgehead atoms. The Bertz CT molecular complexity index is 2760. The quantitative estimate of drug-likeness (QED) is 0.0719. The Balaban J connectivity index is 0.680. The van der Waals surface area contributed by atoms with Crippen LogP contribution in [0.5, 0.6) is 11.5 Å². The number of aromatic nitrogens is 1. The number of nitrogens with zero attached hydrogens (tertiary/aromatic N) is 3. The van der Waals surface area contributed by atoms with E-state index in [1.807, 2.05) is 66.4 Å². The van der Waals surface area contributed by atoms with Crippen LogP contribution < -0.4 is 35.6 Å². The van der Waals surface area contributed by atoms with Crippen LogP contribution in [0, 0.1) is 24.7 Å². The summed E-state index contributed by atoms with van der Waals surface area (Å²) in [5, 5.41) is 15.2. The third-order valence-corrected chi connectivity index (χ3v) is 15.6. The number of carbonyl (C=O) groups excluding carboxylic acids is 3. The van der Waals surface area contributed by atoms with Crippen molar-refractivity contribution in [3.63, 3.8) is 0 Å². The predicted molar refractivity (Wildman–Crippen MR) is 269 cm³/mol. The van der Waals surface area contributed by atoms with Crippen molar-refractivity contribution in [2.24, 2.45) is 5.92 Å². The van der Waals surface area contributed by atoms with E-state index in [1.54, 1.807) is 0 Å². The molecule has 4 N–H and O–H groups in total. The second kappa shape index (κ2) is 19.7. The summed E-state index contributed by atoms with van der Waals surface area (Å²) in [5.74, 6) is 5.61. The summed E-state index contributed by atoms with van der Waals surface area (Å²) in [5.41, 5.74) is 7.39. The fourth-order valence-electron chi connectivity index (χ4n) is 10.7. The predicted octanol–water partition coefficient (Wildman–Crippen LogP) is 8.38. The number of fused-ring (bicyclic) bond motifs is 5. The molecular formula is C54H60ClN7O5S. The number of halogens is 1. The van der Waals surface area contributed by atoms with Crippen LogP contribution in [0.25, 0.3) is 10.2 Å². The number of rotatable bonds is 12. The summed E-state index contributed by atoms with van der Waals surface area (Å²) in [7, 11) is 0. The van der Waals surface area contributed by atoms with Crippen LogP contribution in [0.1, 0.15) is 102 Å². The SMILES string of the molecule is Cc1ccc2c(NCCCCNC(=O)C#Cc3ccc4c(c3)OC3(CCN(C(=O)[C@H](c5ccc(Cl)cc5)C(C)C)CC3)O4)c(C(=O)N[C@H]3CCc4cc(N5C[C@H]6CC[C@@H](C5)N6)ccc4C3)sc2n1. The number of unbranched alkanes of at least 4 members (excludes halogenated alkanes) is 1. The molecule has 6 heterocycles. The summed E-state index contributed by atoms with van der Waals surface area (Å²) in [6.07, 6.45) is 7.79. The van der Waals surface area contributed by atoms with E-state index in [9.17, 15) is 14.4 Å². The first-order valence-electron chi connectivity index (χ1n) is 24.4. The molecule has 10 rings (SSSR count). The van der Waals surface area contributed by atoms with Gasteiger partial charge in [0.1, 0.15) is 9.71 Å². The van der Waals surface area contributed by atoms with E-state index < -0.39 is 5.79 Å². The van der Waals surface area contributed by atoms with Gasteiger partial charge in [0.05, 0.1) is 11.6 Å². The van der Waals surface area contributed by atoms with Crippen molar-refractivity contribution in [2.45, 2.75) is 108 Å². The number of benzene rings is 3. The van der Waals surface area contributed by atoms with E-state index in [0.29, 0.717) is 78.1 Å². The van der Waals surface area contributed by atoms with E-state index in [4.69, 9.17) is 26.1 Å². The lowest BCUT2D eigenvalue weighted by Crippen LogP contribution is -2.52. The van der Waals surface area contributed by atoms with E-state index in [2.05, 4.69) is 70.1 Å². The molecule has 354 valence electrons. The minimum Gasteiger partial charge on any atom is -0.448 e. The van der Waals surface area contributed by atoms with E-state index in [1.165, 1.54) is 41.0 Å². The Morgan fingerprint density at radius 3 is 2.46 bits per heavy atom. The average molecular weight is 955 g/mol. The van der Waals surface area contributed by atoms with Crippen molar-refractivity contribution in [1.29, 1.82) is 0 Å². The maximum absolute atomic E-state index is 14.0. The van der Waals surface area contributed by atoms with Gasteiger partial charge in [-0.1, -0.05) is 49.6 Å². The third-order valence-electron chi connectivity index (χ3n) is 14.3. The average Bonchev–Trinajstić information content (AvgIpc) is 4.00. The highest BCUT2D eigenvalue weighted by Crippen LogP contribution is 2.45. The van der Waals surface area contributed by atoms with Gasteiger partial charge in [-0.25, -0.2) is 4.98 Å². The molecule has 3 fully saturated rings. The van der Waals surface area contributed by atoms with Gasteiger partial charge < -0.3 is 40.5 Å². The molecular weight excluding hydrogens is 894 g/mol. The standard InChI is InChI=1S/C54H60ClN7O5S/c1-33(2)48(36-9-13-39(55)14-10-36)53(65)61-26-22-54(23-27-61)66-45-20-7-35(28-46(45)67-54)8-21-47(63)56-24-4-5-25-57-49-44-19-6-34(3)58-52(44)68-50(49)51(64)60-40-15-11-38-30-43(18-12-37(38)29-40)62-31-41-16-17-42(32-62)59-41/h6-7,9-10,12-14,18-20,28,30,33,40-42,48,57,59H,4-5,11,15-17,22-27,29,31-32H2,1-3H3,(H,56,63)(H,60,64)/t40-,41-,42+,48-/m0/s1. The summed E-state index contributed by atoms with van der Waals surface area (Å²) in [6.45, 7) is 10.4. The molecule has 4 atom stereocenters. The van der Waals surface area contributed by atoms with Crippen LogP contribution >= 0.6 is 22.9 Å². The third kappa shape index (κ3) is 10.0. The first-order chi connectivity index (χ1) is 33.0. The summed E-state index contributed by atoms with van der Waals surface area (Å²) in [6, 6.07) is 25.2. The van der Waals surface area contributed by atoms with Crippen molar-refractivity contribution >= 4 is 62.3 Å². The molecule has 68 heavy (non-hydrogen) atoms. The van der Waals surface area contributed by atoms with Crippen LogP contribution in [0.15, 0.2) is 72.8 Å². The van der Waals surface area contributed by atoms with Crippen molar-refractivity contribution in [1.82, 2.24) is 25.8 Å². The Labute approximate surface area is 407 Å². The molecule has 0 radical (unpaired) electrons. The number of piperidine rings is 1. The normalized spacial score (nSPS) is 20.5. The van der Waals surface area contributed by atoms with Crippen LogP contribution in [0.3, 0.4) is 0 Å². The van der Waals surface area contributed by atoms with Gasteiger partial charge >= 0.3 is 0 Å². The minimum atomic E-state index is -0.843. The Kier molecular flexibility index (Phi) is 13.3. The van der Waals surface area contributed by atoms with E-state index >= 15 is 0 Å². The number of aryl methyl sites for hydroxylation is 2. The highest BCUT2D eigenvalue weighted by atomic mass is 35.5. The summed E-state index contributed by atoms with van der Waals surface area (Å²) < 4.78 is 12.7. The number of thiophene rings is 1. The van der Waals surface area contributed by atoms with Crippen molar-refractivity contribution in [2.75, 3.05) is 49.5 Å². The number of hydrogen-bond acceptors (Lipinski definition) is 10. The van der Waals surface area contributed by atoms with Gasteiger partial charge in [-0.15, -0.1) is 11.3 Å². The lowest BCUT2D eigenvalue weighted by Gasteiger charge is -2.39. The minimum absolute atomic E-state index is 0.0609. The van der Waals surface area contributed by atoms with E-state index in [0.717, 1.165) is 72.4 Å². The van der Waals surface area contributed by atoms with Gasteiger partial charge in [0.2, 0.25) is 5.91 Å². The highest BCUT2D eigenvalue weighted by molar-refractivity contribution is 7.21. The van der Waals surface area contributed by atoms with Crippen molar-refractivity contribution in [3.05, 3.63) is 111 Å². The zero-order valence-electron chi connectivity index (χ0n) is 39.1. The van der Waals surface area contributed by atoms with Crippen molar-refractivity contribution in [3.8, 4) is 23.3 Å². The molecule has 0 saturated carbocycles. The van der Waals surface area contributed by atoms with Gasteiger partial charge in [-0.2, -0.15) is 0 Å². The summed E-state index contributed by atoms with van der Waals surface area (Å²) in [4.78, 5) is 51.2. The van der Waals surface area contributed by atoms with Crippen LogP contribution in [0.2, 0.25) is 5.02 Å². The van der Waals surface area contributed by atoms with E-state index in [-0.39, 0.29) is 35.6 Å². The topological polar surface area (TPSA) is 137 Å². The molecule has 3 amide bonds. The van der Waals surface area contributed by atoms with Crippen LogP contribution in [-0.4, -0.2) is 90.8 Å². The lowest BCUT2D eigenvalue weighted by atomic mass is 9.86. The fourth-order valence-corrected chi connectivity index (χ4v) is 11.9. The number of hydrogen-bond donors (Lipinski definition) is 4. The second-order valence-electron chi connectivity index (χ2n) is 19.5. The molecule has 5 aliphatic rings. The Morgan fingerprint density at radius 2 is 1.68 bits per heavy atom. The summed E-state index contributed by atoms with van der Waals surface area (Å²) >= 11 is 7.56. The van der Waals surface area contributed by atoms with Gasteiger partial charge in [-0.3, -0.25) is 14.4 Å². The zero-order valence-corrected chi connectivity index (χ0v) is 40.7. The molecule has 3 saturated heterocycles. The molecule has 3 aromatic carbocycles.